The van der Waals surface area contributed by atoms with Crippen molar-refractivity contribution in [2.75, 3.05) is 11.9 Å². The van der Waals surface area contributed by atoms with Gasteiger partial charge in [-0.05, 0) is 19.4 Å². The summed E-state index contributed by atoms with van der Waals surface area (Å²) in [6.45, 7) is 5.50. The van der Waals surface area contributed by atoms with Gasteiger partial charge in [0.25, 0.3) is 0 Å². The van der Waals surface area contributed by atoms with Gasteiger partial charge >= 0.3 is 5.97 Å². The molecule has 1 aromatic heterocycles. The minimum absolute atomic E-state index is 0.185. The molecule has 0 spiro atoms. The Kier molecular flexibility index (Phi) is 4.49. The number of aryl methyl sites for hydroxylation is 1. The fourth-order valence-corrected chi connectivity index (χ4v) is 2.26. The number of hydrogen-bond acceptors (Lipinski definition) is 4. The monoisotopic (exact) mass is 241 g/mol. The topological polar surface area (TPSA) is 55.4 Å². The van der Waals surface area contributed by atoms with E-state index in [0.717, 1.165) is 11.3 Å². The average molecular weight is 241 g/mol. The molecule has 0 radical (unpaired) electrons. The third-order valence-corrected chi connectivity index (χ3v) is 3.11. The van der Waals surface area contributed by atoms with E-state index in [9.17, 15) is 9.59 Å². The van der Waals surface area contributed by atoms with Crippen molar-refractivity contribution in [2.24, 2.45) is 0 Å². The third-order valence-electron chi connectivity index (χ3n) is 1.92. The molecule has 16 heavy (non-hydrogen) atoms. The Hall–Kier alpha value is -1.36. The Morgan fingerprint density at radius 1 is 1.44 bits per heavy atom. The van der Waals surface area contributed by atoms with Crippen LogP contribution >= 0.6 is 11.3 Å². The fraction of sp³-hybridized carbons (Fsp3) is 0.455. The van der Waals surface area contributed by atoms with Crippen LogP contribution in [0.5, 0.6) is 0 Å². The van der Waals surface area contributed by atoms with E-state index in [4.69, 9.17) is 4.74 Å². The van der Waals surface area contributed by atoms with Gasteiger partial charge in [0.1, 0.15) is 5.00 Å². The molecule has 0 bridgehead atoms. The van der Waals surface area contributed by atoms with Crippen molar-refractivity contribution in [1.29, 1.82) is 0 Å². The minimum atomic E-state index is -0.387. The molecule has 0 unspecified atom stereocenters. The molecular weight excluding hydrogens is 226 g/mol. The van der Waals surface area contributed by atoms with Gasteiger partial charge < -0.3 is 10.1 Å². The highest BCUT2D eigenvalue weighted by Gasteiger charge is 2.17. The SMILES string of the molecule is CCOC(=O)c1cc(CC)sc1NC(C)=O. The largest absolute Gasteiger partial charge is 0.462 e. The summed E-state index contributed by atoms with van der Waals surface area (Å²) in [5.74, 6) is -0.572. The summed E-state index contributed by atoms with van der Waals surface area (Å²) in [7, 11) is 0. The molecule has 1 heterocycles. The van der Waals surface area contributed by atoms with Crippen LogP contribution in [0.25, 0.3) is 0 Å². The molecule has 4 nitrogen and oxygen atoms in total. The number of amides is 1. The molecule has 0 aliphatic rings. The fourth-order valence-electron chi connectivity index (χ4n) is 1.23. The summed E-state index contributed by atoms with van der Waals surface area (Å²) in [5, 5.41) is 3.22. The summed E-state index contributed by atoms with van der Waals surface area (Å²) in [5.41, 5.74) is 0.443. The number of carbonyl (C=O) groups is 2. The van der Waals surface area contributed by atoms with Gasteiger partial charge in [0.05, 0.1) is 12.2 Å². The zero-order valence-electron chi connectivity index (χ0n) is 9.62. The second kappa shape index (κ2) is 5.65. The minimum Gasteiger partial charge on any atom is -0.462 e. The predicted molar refractivity (Wildman–Crippen MR) is 64.0 cm³/mol. The van der Waals surface area contributed by atoms with Crippen LogP contribution < -0.4 is 5.32 Å². The Bertz CT molecular complexity index is 398. The highest BCUT2D eigenvalue weighted by atomic mass is 32.1. The van der Waals surface area contributed by atoms with Crippen LogP contribution in [-0.2, 0) is 16.0 Å². The lowest BCUT2D eigenvalue weighted by molar-refractivity contribution is -0.114. The van der Waals surface area contributed by atoms with E-state index in [2.05, 4.69) is 5.32 Å². The first-order valence-electron chi connectivity index (χ1n) is 5.15. The zero-order chi connectivity index (χ0) is 12.1. The van der Waals surface area contributed by atoms with Crippen molar-refractivity contribution in [2.45, 2.75) is 27.2 Å². The van der Waals surface area contributed by atoms with Gasteiger partial charge in [0, 0.05) is 11.8 Å². The lowest BCUT2D eigenvalue weighted by atomic mass is 10.2. The molecule has 0 aromatic carbocycles. The summed E-state index contributed by atoms with van der Waals surface area (Å²) in [4.78, 5) is 23.6. The first-order chi connectivity index (χ1) is 7.58. The molecule has 0 fully saturated rings. The van der Waals surface area contributed by atoms with Crippen LogP contribution in [0.4, 0.5) is 5.00 Å². The van der Waals surface area contributed by atoms with Gasteiger partial charge in [-0.3, -0.25) is 4.79 Å². The average Bonchev–Trinajstić information content (AvgIpc) is 2.60. The molecule has 0 saturated carbocycles. The maximum Gasteiger partial charge on any atom is 0.341 e. The molecule has 88 valence electrons. The van der Waals surface area contributed by atoms with Crippen LogP contribution in [0, 0.1) is 0 Å². The maximum absolute atomic E-state index is 11.6. The Morgan fingerprint density at radius 3 is 2.62 bits per heavy atom. The second-order valence-corrected chi connectivity index (χ2v) is 4.35. The second-order valence-electron chi connectivity index (χ2n) is 3.21. The predicted octanol–water partition coefficient (Wildman–Crippen LogP) is 2.45. The number of anilines is 1. The number of ether oxygens (including phenoxy) is 1. The first kappa shape index (κ1) is 12.7. The molecule has 0 aliphatic carbocycles. The van der Waals surface area contributed by atoms with Crippen molar-refractivity contribution in [1.82, 2.24) is 0 Å². The van der Waals surface area contributed by atoms with Gasteiger partial charge in [-0.25, -0.2) is 4.79 Å². The van der Waals surface area contributed by atoms with Gasteiger partial charge in [-0.15, -0.1) is 11.3 Å². The summed E-state index contributed by atoms with van der Waals surface area (Å²) in [6, 6.07) is 1.77. The van der Waals surface area contributed by atoms with Gasteiger partial charge in [-0.2, -0.15) is 0 Å². The number of nitrogens with one attached hydrogen (secondary N) is 1. The van der Waals surface area contributed by atoms with Crippen molar-refractivity contribution >= 4 is 28.2 Å². The van der Waals surface area contributed by atoms with Crippen molar-refractivity contribution in [3.8, 4) is 0 Å². The molecule has 0 aliphatic heterocycles. The lowest BCUT2D eigenvalue weighted by Gasteiger charge is -2.03. The molecule has 1 rings (SSSR count). The number of hydrogen-bond donors (Lipinski definition) is 1. The van der Waals surface area contributed by atoms with Crippen LogP contribution in [0.2, 0.25) is 0 Å². The van der Waals surface area contributed by atoms with Crippen LogP contribution in [0.3, 0.4) is 0 Å². The maximum atomic E-state index is 11.6. The smallest absolute Gasteiger partial charge is 0.341 e. The van der Waals surface area contributed by atoms with Crippen LogP contribution in [0.1, 0.15) is 36.0 Å². The normalized spacial score (nSPS) is 9.94. The van der Waals surface area contributed by atoms with E-state index in [1.54, 1.807) is 13.0 Å². The molecule has 1 N–H and O–H groups in total. The summed E-state index contributed by atoms with van der Waals surface area (Å²) >= 11 is 1.41. The molecule has 5 heteroatoms. The van der Waals surface area contributed by atoms with Crippen molar-refractivity contribution < 1.29 is 14.3 Å². The van der Waals surface area contributed by atoms with Gasteiger partial charge in [0.2, 0.25) is 5.91 Å². The highest BCUT2D eigenvalue weighted by molar-refractivity contribution is 7.16. The molecule has 1 amide bonds. The van der Waals surface area contributed by atoms with Crippen molar-refractivity contribution in [3.05, 3.63) is 16.5 Å². The van der Waals surface area contributed by atoms with E-state index in [0.29, 0.717) is 17.2 Å². The summed E-state index contributed by atoms with van der Waals surface area (Å²) < 4.78 is 4.92. The number of esters is 1. The van der Waals surface area contributed by atoms with E-state index in [1.807, 2.05) is 6.92 Å². The Balaban J connectivity index is 2.99. The van der Waals surface area contributed by atoms with Crippen LogP contribution in [0.15, 0.2) is 6.07 Å². The third kappa shape index (κ3) is 3.06. The number of carbonyl (C=O) groups excluding carboxylic acids is 2. The first-order valence-corrected chi connectivity index (χ1v) is 5.97. The van der Waals surface area contributed by atoms with Crippen molar-refractivity contribution in [3.63, 3.8) is 0 Å². The number of rotatable bonds is 4. The lowest BCUT2D eigenvalue weighted by Crippen LogP contribution is -2.10. The molecule has 0 saturated heterocycles. The standard InChI is InChI=1S/C11H15NO3S/c1-4-8-6-9(11(14)15-5-2)10(16-8)12-7(3)13/h6H,4-5H2,1-3H3,(H,12,13). The Labute approximate surface area is 98.6 Å². The van der Waals surface area contributed by atoms with E-state index >= 15 is 0 Å². The quantitative estimate of drug-likeness (QED) is 0.824. The van der Waals surface area contributed by atoms with Gasteiger partial charge in [-0.1, -0.05) is 6.92 Å². The van der Waals surface area contributed by atoms with Crippen LogP contribution in [-0.4, -0.2) is 18.5 Å². The van der Waals surface area contributed by atoms with E-state index in [1.165, 1.54) is 18.3 Å². The molecule has 0 atom stereocenters. The van der Waals surface area contributed by atoms with Gasteiger partial charge in [0.15, 0.2) is 0 Å². The molecular formula is C11H15NO3S. The van der Waals surface area contributed by atoms with E-state index in [-0.39, 0.29) is 11.9 Å². The zero-order valence-corrected chi connectivity index (χ0v) is 10.4. The summed E-state index contributed by atoms with van der Waals surface area (Å²) in [6.07, 6.45) is 0.830. The highest BCUT2D eigenvalue weighted by Crippen LogP contribution is 2.29. The number of thiophene rings is 1. The van der Waals surface area contributed by atoms with E-state index < -0.39 is 0 Å². The molecule has 1 aromatic rings. The Morgan fingerprint density at radius 2 is 2.12 bits per heavy atom.